The SMILES string of the molecule is C/C=C/CCc1ccc(C=Nc2ccc(C3CCC(C)CC3)cc2)cc1. The molecule has 0 N–H and O–H groups in total. The summed E-state index contributed by atoms with van der Waals surface area (Å²) in [7, 11) is 0. The van der Waals surface area contributed by atoms with Gasteiger partial charge >= 0.3 is 0 Å². The molecule has 1 nitrogen and oxygen atoms in total. The van der Waals surface area contributed by atoms with Crippen molar-refractivity contribution < 1.29 is 0 Å². The molecule has 0 atom stereocenters. The van der Waals surface area contributed by atoms with Gasteiger partial charge in [0.25, 0.3) is 0 Å². The lowest BCUT2D eigenvalue weighted by atomic mass is 9.79. The van der Waals surface area contributed by atoms with Gasteiger partial charge in [0.15, 0.2) is 0 Å². The van der Waals surface area contributed by atoms with Gasteiger partial charge in [0.1, 0.15) is 0 Å². The van der Waals surface area contributed by atoms with Gasteiger partial charge in [0, 0.05) is 6.21 Å². The normalized spacial score (nSPS) is 20.8. The zero-order valence-electron chi connectivity index (χ0n) is 16.2. The van der Waals surface area contributed by atoms with E-state index in [1.165, 1.54) is 36.8 Å². The molecule has 0 unspecified atom stereocenters. The number of nitrogens with zero attached hydrogens (tertiary/aromatic N) is 1. The molecule has 2 aromatic carbocycles. The highest BCUT2D eigenvalue weighted by molar-refractivity contribution is 5.81. The van der Waals surface area contributed by atoms with E-state index < -0.39 is 0 Å². The number of rotatable bonds is 6. The first-order chi connectivity index (χ1) is 12.7. The number of allylic oxidation sites excluding steroid dienone is 2. The average molecular weight is 346 g/mol. The Kier molecular flexibility index (Phi) is 6.82. The van der Waals surface area contributed by atoms with Gasteiger partial charge in [-0.05, 0) is 73.3 Å². The molecule has 26 heavy (non-hydrogen) atoms. The Morgan fingerprint density at radius 1 is 0.923 bits per heavy atom. The van der Waals surface area contributed by atoms with Crippen molar-refractivity contribution in [2.45, 2.75) is 58.3 Å². The lowest BCUT2D eigenvalue weighted by Gasteiger charge is -2.26. The van der Waals surface area contributed by atoms with Crippen LogP contribution in [0.1, 0.15) is 68.6 Å². The molecule has 1 aliphatic rings. The molecule has 0 aliphatic heterocycles. The highest BCUT2D eigenvalue weighted by atomic mass is 14.7. The predicted molar refractivity (Wildman–Crippen MR) is 114 cm³/mol. The van der Waals surface area contributed by atoms with Crippen LogP contribution in [0.3, 0.4) is 0 Å². The molecule has 1 saturated carbocycles. The van der Waals surface area contributed by atoms with Gasteiger partial charge in [-0.2, -0.15) is 0 Å². The highest BCUT2D eigenvalue weighted by Gasteiger charge is 2.19. The van der Waals surface area contributed by atoms with E-state index in [1.807, 2.05) is 6.21 Å². The lowest BCUT2D eigenvalue weighted by molar-refractivity contribution is 0.348. The topological polar surface area (TPSA) is 12.4 Å². The summed E-state index contributed by atoms with van der Waals surface area (Å²) >= 11 is 0. The van der Waals surface area contributed by atoms with Crippen LogP contribution < -0.4 is 0 Å². The summed E-state index contributed by atoms with van der Waals surface area (Å²) in [5.74, 6) is 1.66. The van der Waals surface area contributed by atoms with E-state index in [0.29, 0.717) is 0 Å². The summed E-state index contributed by atoms with van der Waals surface area (Å²) in [5.41, 5.74) is 5.06. The monoisotopic (exact) mass is 345 g/mol. The Balaban J connectivity index is 1.56. The second-order valence-electron chi connectivity index (χ2n) is 7.66. The fourth-order valence-electron chi connectivity index (χ4n) is 3.76. The third kappa shape index (κ3) is 5.42. The fraction of sp³-hybridized carbons (Fsp3) is 0.400. The summed E-state index contributed by atoms with van der Waals surface area (Å²) in [6, 6.07) is 17.6. The van der Waals surface area contributed by atoms with Crippen molar-refractivity contribution in [2.24, 2.45) is 10.9 Å². The molecular weight excluding hydrogens is 314 g/mol. The van der Waals surface area contributed by atoms with Crippen molar-refractivity contribution in [2.75, 3.05) is 0 Å². The number of hydrogen-bond acceptors (Lipinski definition) is 1. The quantitative estimate of drug-likeness (QED) is 0.386. The van der Waals surface area contributed by atoms with Crippen LogP contribution in [0.2, 0.25) is 0 Å². The minimum atomic E-state index is 0.749. The molecule has 0 bridgehead atoms. The minimum Gasteiger partial charge on any atom is -0.256 e. The van der Waals surface area contributed by atoms with Crippen LogP contribution in [-0.2, 0) is 6.42 Å². The zero-order chi connectivity index (χ0) is 18.2. The Labute approximate surface area is 158 Å². The van der Waals surface area contributed by atoms with Crippen LogP contribution in [0, 0.1) is 5.92 Å². The number of aliphatic imine (C=N–C) groups is 1. The molecule has 1 aliphatic carbocycles. The van der Waals surface area contributed by atoms with E-state index in [4.69, 9.17) is 0 Å². The van der Waals surface area contributed by atoms with Crippen LogP contribution in [0.15, 0.2) is 65.7 Å². The Bertz CT molecular complexity index is 714. The van der Waals surface area contributed by atoms with E-state index in [-0.39, 0.29) is 0 Å². The van der Waals surface area contributed by atoms with Gasteiger partial charge < -0.3 is 0 Å². The van der Waals surface area contributed by atoms with Crippen molar-refractivity contribution in [3.63, 3.8) is 0 Å². The molecular formula is C25H31N. The molecule has 0 saturated heterocycles. The zero-order valence-corrected chi connectivity index (χ0v) is 16.2. The second-order valence-corrected chi connectivity index (χ2v) is 7.66. The van der Waals surface area contributed by atoms with Gasteiger partial charge in [0.05, 0.1) is 5.69 Å². The van der Waals surface area contributed by atoms with Crippen molar-refractivity contribution in [1.82, 2.24) is 0 Å². The molecule has 0 radical (unpaired) electrons. The first kappa shape index (κ1) is 18.6. The summed E-state index contributed by atoms with van der Waals surface area (Å²) in [6.45, 7) is 4.45. The van der Waals surface area contributed by atoms with E-state index in [9.17, 15) is 0 Å². The molecule has 2 aromatic rings. The van der Waals surface area contributed by atoms with E-state index >= 15 is 0 Å². The third-order valence-electron chi connectivity index (χ3n) is 5.56. The maximum absolute atomic E-state index is 4.64. The summed E-state index contributed by atoms with van der Waals surface area (Å²) in [4.78, 5) is 4.64. The molecule has 1 fully saturated rings. The van der Waals surface area contributed by atoms with E-state index in [2.05, 4.69) is 79.5 Å². The predicted octanol–water partition coefficient (Wildman–Crippen LogP) is 7.24. The van der Waals surface area contributed by atoms with Crippen molar-refractivity contribution >= 4 is 11.9 Å². The van der Waals surface area contributed by atoms with Crippen molar-refractivity contribution in [1.29, 1.82) is 0 Å². The van der Waals surface area contributed by atoms with Crippen LogP contribution >= 0.6 is 0 Å². The van der Waals surface area contributed by atoms with Crippen LogP contribution in [-0.4, -0.2) is 6.21 Å². The van der Waals surface area contributed by atoms with E-state index in [1.54, 1.807) is 0 Å². The molecule has 0 heterocycles. The maximum Gasteiger partial charge on any atom is 0.0630 e. The Hall–Kier alpha value is -2.15. The Morgan fingerprint density at radius 3 is 2.27 bits per heavy atom. The summed E-state index contributed by atoms with van der Waals surface area (Å²) < 4.78 is 0. The largest absolute Gasteiger partial charge is 0.256 e. The highest BCUT2D eigenvalue weighted by Crippen LogP contribution is 2.35. The van der Waals surface area contributed by atoms with Crippen LogP contribution in [0.25, 0.3) is 0 Å². The summed E-state index contributed by atoms with van der Waals surface area (Å²) in [6.07, 6.45) is 13.9. The first-order valence-electron chi connectivity index (χ1n) is 10.1. The smallest absolute Gasteiger partial charge is 0.0630 e. The number of aryl methyl sites for hydroxylation is 1. The van der Waals surface area contributed by atoms with Crippen molar-refractivity contribution in [3.05, 3.63) is 77.4 Å². The maximum atomic E-state index is 4.64. The van der Waals surface area contributed by atoms with Gasteiger partial charge in [-0.15, -0.1) is 0 Å². The molecule has 1 heteroatoms. The molecule has 3 rings (SSSR count). The van der Waals surface area contributed by atoms with Crippen LogP contribution in [0.5, 0.6) is 0 Å². The standard InChI is InChI=1S/C25H31N/c1-3-4-5-6-21-9-11-22(12-10-21)19-26-25-17-15-24(16-18-25)23-13-7-20(2)8-14-23/h3-4,9-12,15-20,23H,5-8,13-14H2,1-2H3/b4-3+,26-19?. The van der Waals surface area contributed by atoms with Gasteiger partial charge in [0.2, 0.25) is 0 Å². The summed E-state index contributed by atoms with van der Waals surface area (Å²) in [5, 5.41) is 0. The van der Waals surface area contributed by atoms with Crippen LogP contribution in [0.4, 0.5) is 5.69 Å². The number of hydrogen-bond donors (Lipinski definition) is 0. The second kappa shape index (κ2) is 9.52. The Morgan fingerprint density at radius 2 is 1.62 bits per heavy atom. The number of benzene rings is 2. The van der Waals surface area contributed by atoms with Gasteiger partial charge in [-0.3, -0.25) is 4.99 Å². The minimum absolute atomic E-state index is 0.749. The van der Waals surface area contributed by atoms with Crippen molar-refractivity contribution in [3.8, 4) is 0 Å². The third-order valence-corrected chi connectivity index (χ3v) is 5.56. The first-order valence-corrected chi connectivity index (χ1v) is 10.1. The fourth-order valence-corrected chi connectivity index (χ4v) is 3.76. The molecule has 0 aromatic heterocycles. The van der Waals surface area contributed by atoms with E-state index in [0.717, 1.165) is 35.9 Å². The molecule has 0 amide bonds. The van der Waals surface area contributed by atoms with Gasteiger partial charge in [-0.1, -0.05) is 68.3 Å². The van der Waals surface area contributed by atoms with Gasteiger partial charge in [-0.25, -0.2) is 0 Å². The molecule has 136 valence electrons. The molecule has 0 spiro atoms. The average Bonchev–Trinajstić information content (AvgIpc) is 2.69. The lowest BCUT2D eigenvalue weighted by Crippen LogP contribution is -2.10.